The lowest BCUT2D eigenvalue weighted by Crippen LogP contribution is -2.35. The summed E-state index contributed by atoms with van der Waals surface area (Å²) in [6.45, 7) is 6.99. The Labute approximate surface area is 179 Å². The van der Waals surface area contributed by atoms with E-state index in [1.807, 2.05) is 19.1 Å². The number of hydrogen-bond donors (Lipinski definition) is 1. The van der Waals surface area contributed by atoms with Crippen LogP contribution in [0, 0.1) is 6.92 Å². The second-order valence-electron chi connectivity index (χ2n) is 7.99. The lowest BCUT2D eigenvalue weighted by atomic mass is 10.1. The first-order chi connectivity index (χ1) is 14.4. The third kappa shape index (κ3) is 4.21. The van der Waals surface area contributed by atoms with Gasteiger partial charge in [0, 0.05) is 37.3 Å². The molecule has 1 amide bonds. The molecule has 0 spiro atoms. The SMILES string of the molecule is Cc1nc(C(C)C)sc1C(=O)NC1CCc2nn(Cc3cccnc3)c(=O)n2CC1. The number of aromatic nitrogens is 5. The third-order valence-corrected chi connectivity index (χ3v) is 6.78. The molecule has 1 atom stereocenters. The van der Waals surface area contributed by atoms with Gasteiger partial charge in [-0.1, -0.05) is 19.9 Å². The molecule has 0 aromatic carbocycles. The highest BCUT2D eigenvalue weighted by atomic mass is 32.1. The molecule has 9 heteroatoms. The summed E-state index contributed by atoms with van der Waals surface area (Å²) >= 11 is 1.46. The largest absolute Gasteiger partial charge is 0.348 e. The number of nitrogens with one attached hydrogen (secondary N) is 1. The highest BCUT2D eigenvalue weighted by Crippen LogP contribution is 2.25. The first-order valence-corrected chi connectivity index (χ1v) is 11.1. The summed E-state index contributed by atoms with van der Waals surface area (Å²) in [5, 5.41) is 8.65. The Bertz CT molecular complexity index is 1100. The molecule has 0 saturated carbocycles. The molecule has 0 radical (unpaired) electrons. The Kier molecular flexibility index (Phi) is 5.80. The monoisotopic (exact) mass is 426 g/mol. The van der Waals surface area contributed by atoms with Gasteiger partial charge in [0.25, 0.3) is 5.91 Å². The zero-order valence-corrected chi connectivity index (χ0v) is 18.3. The van der Waals surface area contributed by atoms with Gasteiger partial charge in [-0.05, 0) is 31.4 Å². The second-order valence-corrected chi connectivity index (χ2v) is 9.02. The highest BCUT2D eigenvalue weighted by molar-refractivity contribution is 7.13. The van der Waals surface area contributed by atoms with E-state index in [2.05, 4.69) is 34.2 Å². The maximum atomic E-state index is 12.8. The molecule has 4 rings (SSSR count). The van der Waals surface area contributed by atoms with E-state index in [1.165, 1.54) is 16.0 Å². The number of aryl methyl sites for hydroxylation is 2. The summed E-state index contributed by atoms with van der Waals surface area (Å²) < 4.78 is 3.23. The van der Waals surface area contributed by atoms with E-state index in [0.29, 0.717) is 36.7 Å². The fraction of sp³-hybridized carbons (Fsp3) is 0.476. The number of carbonyl (C=O) groups is 1. The highest BCUT2D eigenvalue weighted by Gasteiger charge is 2.24. The van der Waals surface area contributed by atoms with Crippen LogP contribution in [0.5, 0.6) is 0 Å². The zero-order valence-electron chi connectivity index (χ0n) is 17.5. The van der Waals surface area contributed by atoms with Crippen molar-refractivity contribution in [3.63, 3.8) is 0 Å². The van der Waals surface area contributed by atoms with Crippen LogP contribution < -0.4 is 11.0 Å². The van der Waals surface area contributed by atoms with Gasteiger partial charge in [0.15, 0.2) is 0 Å². The fourth-order valence-electron chi connectivity index (χ4n) is 3.67. The Hall–Kier alpha value is -2.81. The number of amides is 1. The molecule has 30 heavy (non-hydrogen) atoms. The molecule has 1 unspecified atom stereocenters. The Morgan fingerprint density at radius 3 is 2.90 bits per heavy atom. The van der Waals surface area contributed by atoms with Crippen molar-refractivity contribution in [2.75, 3.05) is 0 Å². The second kappa shape index (κ2) is 8.51. The maximum absolute atomic E-state index is 12.8. The van der Waals surface area contributed by atoms with Crippen molar-refractivity contribution in [3.05, 3.63) is 62.0 Å². The average molecular weight is 427 g/mol. The van der Waals surface area contributed by atoms with E-state index in [4.69, 9.17) is 0 Å². The number of thiazole rings is 1. The molecule has 158 valence electrons. The molecule has 0 bridgehead atoms. The fourth-order valence-corrected chi connectivity index (χ4v) is 4.64. The van der Waals surface area contributed by atoms with E-state index in [1.54, 1.807) is 17.0 Å². The van der Waals surface area contributed by atoms with Crippen molar-refractivity contribution >= 4 is 17.2 Å². The molecule has 0 saturated heterocycles. The van der Waals surface area contributed by atoms with Gasteiger partial charge in [-0.25, -0.2) is 14.5 Å². The first kappa shape index (κ1) is 20.5. The van der Waals surface area contributed by atoms with Gasteiger partial charge in [0.2, 0.25) is 0 Å². The van der Waals surface area contributed by atoms with Crippen molar-refractivity contribution < 1.29 is 4.79 Å². The Balaban J connectivity index is 1.42. The average Bonchev–Trinajstić information content (AvgIpc) is 3.18. The van der Waals surface area contributed by atoms with Crippen LogP contribution in [0.4, 0.5) is 0 Å². The standard InChI is InChI=1S/C21H26N6O2S/c1-13(2)20-23-14(3)18(30-20)19(28)24-16-6-7-17-25-27(21(29)26(17)10-8-16)12-15-5-4-9-22-11-15/h4-5,9,11,13,16H,6-8,10,12H2,1-3H3,(H,24,28). The smallest absolute Gasteiger partial charge is 0.346 e. The maximum Gasteiger partial charge on any atom is 0.346 e. The van der Waals surface area contributed by atoms with Crippen LogP contribution in [0.15, 0.2) is 29.3 Å². The minimum absolute atomic E-state index is 0.00868. The van der Waals surface area contributed by atoms with Crippen molar-refractivity contribution in [1.82, 2.24) is 29.6 Å². The number of fused-ring (bicyclic) bond motifs is 1. The molecule has 8 nitrogen and oxygen atoms in total. The predicted molar refractivity (Wildman–Crippen MR) is 115 cm³/mol. The van der Waals surface area contributed by atoms with Crippen molar-refractivity contribution in [2.24, 2.45) is 0 Å². The zero-order chi connectivity index (χ0) is 21.3. The van der Waals surface area contributed by atoms with Gasteiger partial charge in [0.05, 0.1) is 17.2 Å². The molecule has 4 heterocycles. The van der Waals surface area contributed by atoms with Crippen LogP contribution >= 0.6 is 11.3 Å². The molecule has 1 N–H and O–H groups in total. The van der Waals surface area contributed by atoms with Crippen LogP contribution in [0.1, 0.15) is 64.4 Å². The molecule has 1 aliphatic rings. The molecular formula is C21H26N6O2S. The van der Waals surface area contributed by atoms with Gasteiger partial charge in [-0.2, -0.15) is 5.10 Å². The molecule has 1 aliphatic heterocycles. The minimum Gasteiger partial charge on any atom is -0.348 e. The normalized spacial score (nSPS) is 16.3. The van der Waals surface area contributed by atoms with E-state index in [-0.39, 0.29) is 17.6 Å². The predicted octanol–water partition coefficient (Wildman–Crippen LogP) is 2.51. The summed E-state index contributed by atoms with van der Waals surface area (Å²) in [4.78, 5) is 34.9. The summed E-state index contributed by atoms with van der Waals surface area (Å²) in [6, 6.07) is 3.79. The first-order valence-electron chi connectivity index (χ1n) is 10.3. The van der Waals surface area contributed by atoms with E-state index < -0.39 is 0 Å². The quantitative estimate of drug-likeness (QED) is 0.676. The summed E-state index contributed by atoms with van der Waals surface area (Å²) in [5.74, 6) is 1.01. The van der Waals surface area contributed by atoms with Gasteiger partial charge in [-0.15, -0.1) is 11.3 Å². The number of carbonyl (C=O) groups excluding carboxylic acids is 1. The van der Waals surface area contributed by atoms with Crippen LogP contribution in [-0.2, 0) is 19.5 Å². The molecule has 0 aliphatic carbocycles. The van der Waals surface area contributed by atoms with Crippen LogP contribution in [-0.4, -0.2) is 36.3 Å². The van der Waals surface area contributed by atoms with E-state index >= 15 is 0 Å². The lowest BCUT2D eigenvalue weighted by Gasteiger charge is -2.15. The Morgan fingerprint density at radius 2 is 2.20 bits per heavy atom. The summed E-state index contributed by atoms with van der Waals surface area (Å²) in [6.07, 6.45) is 5.56. The number of hydrogen-bond acceptors (Lipinski definition) is 6. The summed E-state index contributed by atoms with van der Waals surface area (Å²) in [7, 11) is 0. The van der Waals surface area contributed by atoms with Crippen LogP contribution in [0.2, 0.25) is 0 Å². The molecular weight excluding hydrogens is 400 g/mol. The third-order valence-electron chi connectivity index (χ3n) is 5.32. The van der Waals surface area contributed by atoms with Gasteiger partial charge in [0.1, 0.15) is 10.7 Å². The van der Waals surface area contributed by atoms with Crippen molar-refractivity contribution in [3.8, 4) is 0 Å². The number of nitrogens with zero attached hydrogens (tertiary/aromatic N) is 5. The minimum atomic E-state index is -0.110. The van der Waals surface area contributed by atoms with Gasteiger partial charge >= 0.3 is 5.69 Å². The topological polar surface area (TPSA) is 94.7 Å². The molecule has 0 fully saturated rings. The van der Waals surface area contributed by atoms with Crippen molar-refractivity contribution in [2.45, 2.75) is 65.1 Å². The van der Waals surface area contributed by atoms with Crippen molar-refractivity contribution in [1.29, 1.82) is 0 Å². The van der Waals surface area contributed by atoms with Crippen LogP contribution in [0.25, 0.3) is 0 Å². The van der Waals surface area contributed by atoms with E-state index in [0.717, 1.165) is 28.5 Å². The lowest BCUT2D eigenvalue weighted by molar-refractivity contribution is 0.0936. The van der Waals surface area contributed by atoms with Gasteiger partial charge in [-0.3, -0.25) is 14.3 Å². The van der Waals surface area contributed by atoms with Crippen LogP contribution in [0.3, 0.4) is 0 Å². The molecule has 3 aromatic rings. The Morgan fingerprint density at radius 1 is 1.37 bits per heavy atom. The number of pyridine rings is 1. The van der Waals surface area contributed by atoms with Gasteiger partial charge < -0.3 is 5.32 Å². The van der Waals surface area contributed by atoms with E-state index in [9.17, 15) is 9.59 Å². The summed E-state index contributed by atoms with van der Waals surface area (Å²) in [5.41, 5.74) is 1.61. The number of rotatable bonds is 5. The molecule has 3 aromatic heterocycles.